The first-order chi connectivity index (χ1) is 8.36. The Morgan fingerprint density at radius 3 is 2.28 bits per heavy atom. The molecule has 18 heavy (non-hydrogen) atoms. The monoisotopic (exact) mass is 287 g/mol. The van der Waals surface area contributed by atoms with Gasteiger partial charge in [-0.15, -0.1) is 11.6 Å². The van der Waals surface area contributed by atoms with E-state index in [1.807, 2.05) is 0 Å². The van der Waals surface area contributed by atoms with Crippen molar-refractivity contribution < 1.29 is 13.2 Å². The van der Waals surface area contributed by atoms with Gasteiger partial charge in [0, 0.05) is 17.7 Å². The molecule has 0 bridgehead atoms. The molecular weight excluding hydrogens is 274 g/mol. The van der Waals surface area contributed by atoms with E-state index < -0.39 is 9.84 Å². The van der Waals surface area contributed by atoms with Gasteiger partial charge in [0.15, 0.2) is 9.84 Å². The van der Waals surface area contributed by atoms with Crippen molar-refractivity contribution >= 4 is 27.3 Å². The van der Waals surface area contributed by atoms with E-state index in [2.05, 4.69) is 5.32 Å². The summed E-state index contributed by atoms with van der Waals surface area (Å²) in [6, 6.07) is 5.89. The molecule has 2 rings (SSSR count). The Bertz CT molecular complexity index is 561. The van der Waals surface area contributed by atoms with Crippen LogP contribution in [0.3, 0.4) is 0 Å². The van der Waals surface area contributed by atoms with E-state index >= 15 is 0 Å². The second kappa shape index (κ2) is 4.55. The third kappa shape index (κ3) is 2.84. The van der Waals surface area contributed by atoms with Crippen LogP contribution in [0.5, 0.6) is 0 Å². The SMILES string of the molecule is CS(=O)(=O)c1ccc(C(=O)NC2(CCl)CC2)cc1. The van der Waals surface area contributed by atoms with E-state index in [0.717, 1.165) is 19.1 Å². The normalized spacial score (nSPS) is 17.2. The lowest BCUT2D eigenvalue weighted by molar-refractivity contribution is 0.0936. The number of amides is 1. The lowest BCUT2D eigenvalue weighted by atomic mass is 10.2. The van der Waals surface area contributed by atoms with Crippen LogP contribution in [-0.2, 0) is 9.84 Å². The van der Waals surface area contributed by atoms with E-state index in [1.165, 1.54) is 24.3 Å². The largest absolute Gasteiger partial charge is 0.345 e. The number of hydrogen-bond donors (Lipinski definition) is 1. The fourth-order valence-corrected chi connectivity index (χ4v) is 2.57. The molecule has 1 saturated carbocycles. The minimum absolute atomic E-state index is 0.206. The molecular formula is C12H14ClNO3S. The van der Waals surface area contributed by atoms with Crippen molar-refractivity contribution in [2.24, 2.45) is 0 Å². The molecule has 1 aliphatic rings. The Balaban J connectivity index is 2.13. The van der Waals surface area contributed by atoms with Gasteiger partial charge < -0.3 is 5.32 Å². The number of alkyl halides is 1. The van der Waals surface area contributed by atoms with Crippen molar-refractivity contribution in [3.05, 3.63) is 29.8 Å². The topological polar surface area (TPSA) is 63.2 Å². The summed E-state index contributed by atoms with van der Waals surface area (Å²) in [6.07, 6.45) is 2.92. The average Bonchev–Trinajstić information content (AvgIpc) is 3.08. The lowest BCUT2D eigenvalue weighted by Crippen LogP contribution is -2.38. The molecule has 0 atom stereocenters. The van der Waals surface area contributed by atoms with Gasteiger partial charge in [0.05, 0.1) is 10.4 Å². The molecule has 0 aromatic heterocycles. The van der Waals surface area contributed by atoms with Gasteiger partial charge >= 0.3 is 0 Å². The van der Waals surface area contributed by atoms with E-state index in [4.69, 9.17) is 11.6 Å². The summed E-state index contributed by atoms with van der Waals surface area (Å²) in [5.74, 6) is 0.188. The summed E-state index contributed by atoms with van der Waals surface area (Å²) >= 11 is 5.78. The van der Waals surface area contributed by atoms with Crippen LogP contribution in [-0.4, -0.2) is 32.0 Å². The first-order valence-corrected chi connectivity index (χ1v) is 7.98. The Morgan fingerprint density at radius 1 is 1.33 bits per heavy atom. The molecule has 1 aromatic carbocycles. The van der Waals surface area contributed by atoms with Gasteiger partial charge in [-0.1, -0.05) is 0 Å². The van der Waals surface area contributed by atoms with E-state index in [-0.39, 0.29) is 16.3 Å². The molecule has 0 aliphatic heterocycles. The van der Waals surface area contributed by atoms with Crippen LogP contribution in [0.4, 0.5) is 0 Å². The van der Waals surface area contributed by atoms with E-state index in [9.17, 15) is 13.2 Å². The number of benzene rings is 1. The van der Waals surface area contributed by atoms with Gasteiger partial charge in [0.1, 0.15) is 0 Å². The van der Waals surface area contributed by atoms with Crippen LogP contribution < -0.4 is 5.32 Å². The molecule has 98 valence electrons. The fraction of sp³-hybridized carbons (Fsp3) is 0.417. The number of nitrogens with one attached hydrogen (secondary N) is 1. The second-order valence-corrected chi connectivity index (χ2v) is 6.95. The maximum atomic E-state index is 11.9. The zero-order chi connectivity index (χ0) is 13.4. The van der Waals surface area contributed by atoms with Gasteiger partial charge in [-0.2, -0.15) is 0 Å². The molecule has 0 unspecified atom stereocenters. The number of sulfone groups is 1. The summed E-state index contributed by atoms with van der Waals surface area (Å²) in [5.41, 5.74) is 0.188. The standard InChI is InChI=1S/C12H14ClNO3S/c1-18(16,17)10-4-2-9(3-5-10)11(15)14-12(8-13)6-7-12/h2-5H,6-8H2,1H3,(H,14,15). The number of carbonyl (C=O) groups is 1. The third-order valence-electron chi connectivity index (χ3n) is 3.03. The Labute approximate surface area is 111 Å². The van der Waals surface area contributed by atoms with Crippen LogP contribution in [0.1, 0.15) is 23.2 Å². The van der Waals surface area contributed by atoms with Crippen molar-refractivity contribution in [1.82, 2.24) is 5.32 Å². The molecule has 0 spiro atoms. The summed E-state index contributed by atoms with van der Waals surface area (Å²) < 4.78 is 22.6. The summed E-state index contributed by atoms with van der Waals surface area (Å²) in [4.78, 5) is 12.1. The first-order valence-electron chi connectivity index (χ1n) is 5.55. The Hall–Kier alpha value is -1.07. The minimum Gasteiger partial charge on any atom is -0.345 e. The van der Waals surface area contributed by atoms with Crippen LogP contribution in [0.15, 0.2) is 29.2 Å². The lowest BCUT2D eigenvalue weighted by Gasteiger charge is -2.13. The number of carbonyl (C=O) groups excluding carboxylic acids is 1. The van der Waals surface area contributed by atoms with E-state index in [1.54, 1.807) is 0 Å². The predicted octanol–water partition coefficient (Wildman–Crippen LogP) is 1.59. The molecule has 4 nitrogen and oxygen atoms in total. The van der Waals surface area contributed by atoms with Gasteiger partial charge in [-0.25, -0.2) is 8.42 Å². The highest BCUT2D eigenvalue weighted by Gasteiger charge is 2.43. The molecule has 1 aliphatic carbocycles. The third-order valence-corrected chi connectivity index (χ3v) is 4.67. The van der Waals surface area contributed by atoms with Crippen molar-refractivity contribution in [3.63, 3.8) is 0 Å². The molecule has 0 radical (unpaired) electrons. The van der Waals surface area contributed by atoms with Gasteiger partial charge in [0.2, 0.25) is 0 Å². The fourth-order valence-electron chi connectivity index (χ4n) is 1.61. The zero-order valence-electron chi connectivity index (χ0n) is 9.94. The highest BCUT2D eigenvalue weighted by atomic mass is 35.5. The van der Waals surface area contributed by atoms with Gasteiger partial charge in [-0.05, 0) is 37.1 Å². The first kappa shape index (κ1) is 13.4. The molecule has 6 heteroatoms. The summed E-state index contributed by atoms with van der Waals surface area (Å²) in [5, 5.41) is 2.87. The van der Waals surface area contributed by atoms with Crippen LogP contribution in [0, 0.1) is 0 Å². The number of rotatable bonds is 4. The molecule has 1 fully saturated rings. The van der Waals surface area contributed by atoms with Gasteiger partial charge in [0.25, 0.3) is 5.91 Å². The summed E-state index contributed by atoms with van der Waals surface area (Å²) in [7, 11) is -3.23. The second-order valence-electron chi connectivity index (χ2n) is 4.66. The minimum atomic E-state index is -3.23. The number of hydrogen-bond acceptors (Lipinski definition) is 3. The predicted molar refractivity (Wildman–Crippen MR) is 69.7 cm³/mol. The van der Waals surface area contributed by atoms with Crippen LogP contribution in [0.25, 0.3) is 0 Å². The van der Waals surface area contributed by atoms with Crippen molar-refractivity contribution in [2.75, 3.05) is 12.1 Å². The Kier molecular flexibility index (Phi) is 3.38. The van der Waals surface area contributed by atoms with Gasteiger partial charge in [-0.3, -0.25) is 4.79 Å². The summed E-state index contributed by atoms with van der Waals surface area (Å²) in [6.45, 7) is 0. The molecule has 1 aromatic rings. The molecule has 0 heterocycles. The Morgan fingerprint density at radius 2 is 1.89 bits per heavy atom. The maximum absolute atomic E-state index is 11.9. The molecule has 0 saturated heterocycles. The van der Waals surface area contributed by atoms with Crippen molar-refractivity contribution in [3.8, 4) is 0 Å². The highest BCUT2D eigenvalue weighted by Crippen LogP contribution is 2.36. The molecule has 1 amide bonds. The number of halogens is 1. The zero-order valence-corrected chi connectivity index (χ0v) is 11.5. The van der Waals surface area contributed by atoms with Crippen molar-refractivity contribution in [2.45, 2.75) is 23.3 Å². The smallest absolute Gasteiger partial charge is 0.251 e. The quantitative estimate of drug-likeness (QED) is 0.856. The highest BCUT2D eigenvalue weighted by molar-refractivity contribution is 7.90. The molecule has 1 N–H and O–H groups in total. The van der Waals surface area contributed by atoms with Crippen LogP contribution >= 0.6 is 11.6 Å². The average molecular weight is 288 g/mol. The van der Waals surface area contributed by atoms with Crippen LogP contribution in [0.2, 0.25) is 0 Å². The van der Waals surface area contributed by atoms with E-state index in [0.29, 0.717) is 11.4 Å². The van der Waals surface area contributed by atoms with Crippen molar-refractivity contribution in [1.29, 1.82) is 0 Å². The maximum Gasteiger partial charge on any atom is 0.251 e.